The molecule has 0 saturated carbocycles. The molecule has 0 aliphatic carbocycles. The molecule has 24 heavy (non-hydrogen) atoms. The molecule has 1 amide bonds. The lowest BCUT2D eigenvalue weighted by molar-refractivity contribution is 0.0950. The Labute approximate surface area is 148 Å². The van der Waals surface area contributed by atoms with Crippen LogP contribution in [0.4, 0.5) is 0 Å². The Kier molecular flexibility index (Phi) is 5.03. The number of halogens is 1. The van der Waals surface area contributed by atoms with E-state index >= 15 is 0 Å². The molecule has 3 rings (SSSR count). The number of nitrogens with zero attached hydrogens (tertiary/aromatic N) is 2. The lowest BCUT2D eigenvalue weighted by Gasteiger charge is -1.98. The molecule has 0 aliphatic rings. The van der Waals surface area contributed by atoms with Crippen molar-refractivity contribution < 1.29 is 4.79 Å². The van der Waals surface area contributed by atoms with E-state index in [0.717, 1.165) is 21.0 Å². The van der Waals surface area contributed by atoms with Gasteiger partial charge in [-0.15, -0.1) is 11.3 Å². The molecule has 0 radical (unpaired) electrons. The molecule has 0 atom stereocenters. The van der Waals surface area contributed by atoms with E-state index in [1.54, 1.807) is 6.07 Å². The molecule has 0 fully saturated rings. The number of thiazole rings is 1. The van der Waals surface area contributed by atoms with Crippen LogP contribution in [0.3, 0.4) is 0 Å². The summed E-state index contributed by atoms with van der Waals surface area (Å²) in [6, 6.07) is 17.0. The van der Waals surface area contributed by atoms with Gasteiger partial charge in [0.25, 0.3) is 5.91 Å². The van der Waals surface area contributed by atoms with E-state index in [2.05, 4.69) is 15.5 Å². The minimum Gasteiger partial charge on any atom is -0.266 e. The monoisotopic (exact) mass is 355 g/mol. The second-order valence-corrected chi connectivity index (χ2v) is 6.62. The smallest absolute Gasteiger partial charge is 0.266 e. The van der Waals surface area contributed by atoms with Crippen molar-refractivity contribution in [2.24, 2.45) is 5.10 Å². The van der Waals surface area contributed by atoms with Gasteiger partial charge in [0.05, 0.1) is 6.21 Å². The summed E-state index contributed by atoms with van der Waals surface area (Å²) < 4.78 is 0. The average molecular weight is 356 g/mol. The van der Waals surface area contributed by atoms with Gasteiger partial charge in [-0.05, 0) is 13.0 Å². The number of aromatic nitrogens is 1. The second-order valence-electron chi connectivity index (χ2n) is 5.01. The second kappa shape index (κ2) is 7.38. The van der Waals surface area contributed by atoms with E-state index < -0.39 is 0 Å². The van der Waals surface area contributed by atoms with E-state index in [1.807, 2.05) is 55.5 Å². The highest BCUT2D eigenvalue weighted by Crippen LogP contribution is 2.27. The van der Waals surface area contributed by atoms with Crippen molar-refractivity contribution in [3.05, 3.63) is 75.8 Å². The predicted molar refractivity (Wildman–Crippen MR) is 98.8 cm³/mol. The zero-order chi connectivity index (χ0) is 16.9. The Bertz CT molecular complexity index is 890. The Morgan fingerprint density at radius 1 is 1.17 bits per heavy atom. The fourth-order valence-corrected chi connectivity index (χ4v) is 3.20. The quantitative estimate of drug-likeness (QED) is 0.552. The number of hydrogen-bond donors (Lipinski definition) is 1. The molecule has 0 spiro atoms. The van der Waals surface area contributed by atoms with Gasteiger partial charge in [0.1, 0.15) is 10.7 Å². The summed E-state index contributed by atoms with van der Waals surface area (Å²) >= 11 is 7.52. The number of carbonyl (C=O) groups is 1. The molecule has 0 aliphatic heterocycles. The van der Waals surface area contributed by atoms with Crippen LogP contribution in [-0.4, -0.2) is 17.1 Å². The molecule has 0 saturated heterocycles. The standard InChI is InChI=1S/C18H14ClN3OS/c1-12-16(21-18(24-12)13-7-3-2-4-8-13)17(23)22-20-11-14-9-5-6-10-15(14)19/h2-11H,1H3,(H,22,23)/b20-11-. The first kappa shape index (κ1) is 16.4. The summed E-state index contributed by atoms with van der Waals surface area (Å²) in [5.41, 5.74) is 4.61. The minimum atomic E-state index is -0.339. The van der Waals surface area contributed by atoms with Crippen molar-refractivity contribution in [1.29, 1.82) is 0 Å². The van der Waals surface area contributed by atoms with Gasteiger partial charge in [0.2, 0.25) is 0 Å². The van der Waals surface area contributed by atoms with Gasteiger partial charge < -0.3 is 0 Å². The van der Waals surface area contributed by atoms with Gasteiger partial charge in [-0.1, -0.05) is 60.1 Å². The van der Waals surface area contributed by atoms with Gasteiger partial charge in [0.15, 0.2) is 0 Å². The maximum Gasteiger partial charge on any atom is 0.291 e. The third-order valence-electron chi connectivity index (χ3n) is 3.31. The first-order chi connectivity index (χ1) is 11.6. The van der Waals surface area contributed by atoms with Crippen molar-refractivity contribution in [2.45, 2.75) is 6.92 Å². The van der Waals surface area contributed by atoms with E-state index in [1.165, 1.54) is 17.6 Å². The lowest BCUT2D eigenvalue weighted by Crippen LogP contribution is -2.19. The Balaban J connectivity index is 1.74. The van der Waals surface area contributed by atoms with E-state index in [4.69, 9.17) is 11.6 Å². The van der Waals surface area contributed by atoms with Crippen molar-refractivity contribution in [3.63, 3.8) is 0 Å². The van der Waals surface area contributed by atoms with Crippen LogP contribution < -0.4 is 5.43 Å². The van der Waals surface area contributed by atoms with Crippen LogP contribution in [-0.2, 0) is 0 Å². The number of hydrogen-bond acceptors (Lipinski definition) is 4. The summed E-state index contributed by atoms with van der Waals surface area (Å²) in [6.45, 7) is 1.87. The van der Waals surface area contributed by atoms with Crippen molar-refractivity contribution in [3.8, 4) is 10.6 Å². The summed E-state index contributed by atoms with van der Waals surface area (Å²) in [5.74, 6) is -0.339. The molecule has 3 aromatic rings. The third kappa shape index (κ3) is 3.69. The third-order valence-corrected chi connectivity index (χ3v) is 4.67. The average Bonchev–Trinajstić information content (AvgIpc) is 2.99. The van der Waals surface area contributed by atoms with Crippen LogP contribution in [0.25, 0.3) is 10.6 Å². The Morgan fingerprint density at radius 3 is 2.62 bits per heavy atom. The molecule has 1 aromatic heterocycles. The fourth-order valence-electron chi connectivity index (χ4n) is 2.10. The highest BCUT2D eigenvalue weighted by Gasteiger charge is 2.15. The van der Waals surface area contributed by atoms with E-state index in [-0.39, 0.29) is 5.91 Å². The number of rotatable bonds is 4. The normalized spacial score (nSPS) is 10.9. The van der Waals surface area contributed by atoms with Crippen LogP contribution in [0, 0.1) is 6.92 Å². The molecular weight excluding hydrogens is 342 g/mol. The molecule has 0 bridgehead atoms. The topological polar surface area (TPSA) is 54.4 Å². The van der Waals surface area contributed by atoms with Crippen LogP contribution in [0.1, 0.15) is 20.9 Å². The van der Waals surface area contributed by atoms with Gasteiger partial charge in [-0.3, -0.25) is 4.79 Å². The molecule has 1 heterocycles. The summed E-state index contributed by atoms with van der Waals surface area (Å²) in [5, 5.41) is 5.35. The first-order valence-electron chi connectivity index (χ1n) is 7.26. The Hall–Kier alpha value is -2.50. The zero-order valence-electron chi connectivity index (χ0n) is 12.9. The minimum absolute atomic E-state index is 0.339. The van der Waals surface area contributed by atoms with Gasteiger partial charge >= 0.3 is 0 Å². The van der Waals surface area contributed by atoms with Gasteiger partial charge in [-0.25, -0.2) is 10.4 Å². The number of amides is 1. The summed E-state index contributed by atoms with van der Waals surface area (Å²) in [6.07, 6.45) is 1.51. The van der Waals surface area contributed by atoms with Gasteiger partial charge in [-0.2, -0.15) is 5.10 Å². The van der Waals surface area contributed by atoms with Crippen LogP contribution in [0.5, 0.6) is 0 Å². The van der Waals surface area contributed by atoms with E-state index in [9.17, 15) is 4.79 Å². The summed E-state index contributed by atoms with van der Waals surface area (Å²) in [7, 11) is 0. The molecule has 2 aromatic carbocycles. The molecule has 4 nitrogen and oxygen atoms in total. The first-order valence-corrected chi connectivity index (χ1v) is 8.45. The summed E-state index contributed by atoms with van der Waals surface area (Å²) in [4.78, 5) is 17.5. The molecule has 6 heteroatoms. The molecular formula is C18H14ClN3OS. The lowest BCUT2D eigenvalue weighted by atomic mass is 10.2. The van der Waals surface area contributed by atoms with Crippen LogP contribution >= 0.6 is 22.9 Å². The highest BCUT2D eigenvalue weighted by atomic mass is 35.5. The molecule has 1 N–H and O–H groups in total. The Morgan fingerprint density at radius 2 is 1.88 bits per heavy atom. The largest absolute Gasteiger partial charge is 0.291 e. The highest BCUT2D eigenvalue weighted by molar-refractivity contribution is 7.15. The predicted octanol–water partition coefficient (Wildman–Crippen LogP) is 4.54. The number of nitrogens with one attached hydrogen (secondary N) is 1. The SMILES string of the molecule is Cc1sc(-c2ccccc2)nc1C(=O)N/N=C\c1ccccc1Cl. The maximum absolute atomic E-state index is 12.3. The number of aryl methyl sites for hydroxylation is 1. The number of hydrazone groups is 1. The van der Waals surface area contributed by atoms with Crippen molar-refractivity contribution >= 4 is 35.1 Å². The van der Waals surface area contributed by atoms with E-state index in [0.29, 0.717) is 10.7 Å². The fraction of sp³-hybridized carbons (Fsp3) is 0.0556. The van der Waals surface area contributed by atoms with Crippen molar-refractivity contribution in [1.82, 2.24) is 10.4 Å². The van der Waals surface area contributed by atoms with Crippen LogP contribution in [0.15, 0.2) is 59.7 Å². The molecule has 0 unspecified atom stereocenters. The number of carbonyl (C=O) groups excluding carboxylic acids is 1. The molecule has 120 valence electrons. The number of benzene rings is 2. The maximum atomic E-state index is 12.3. The van der Waals surface area contributed by atoms with Crippen LogP contribution in [0.2, 0.25) is 5.02 Å². The van der Waals surface area contributed by atoms with Gasteiger partial charge in [0, 0.05) is 21.0 Å². The zero-order valence-corrected chi connectivity index (χ0v) is 14.4. The van der Waals surface area contributed by atoms with Crippen molar-refractivity contribution in [2.75, 3.05) is 0 Å².